The van der Waals surface area contributed by atoms with E-state index < -0.39 is 76.1 Å². The predicted octanol–water partition coefficient (Wildman–Crippen LogP) is 6.43. The summed E-state index contributed by atoms with van der Waals surface area (Å²) >= 11 is 3.39. The number of esters is 1. The van der Waals surface area contributed by atoms with Gasteiger partial charge in [0.05, 0.1) is 31.1 Å². The number of allylic oxidation sites excluding steroid dienone is 4. The van der Waals surface area contributed by atoms with Crippen molar-refractivity contribution >= 4 is 51.2 Å². The van der Waals surface area contributed by atoms with Crippen molar-refractivity contribution in [2.75, 3.05) is 25.6 Å². The molecule has 5 aliphatic rings. The van der Waals surface area contributed by atoms with Gasteiger partial charge < -0.3 is 34.7 Å². The number of hydrogen-bond donors (Lipinski definition) is 3. The molecule has 0 aromatic heterocycles. The van der Waals surface area contributed by atoms with Crippen LogP contribution in [0.4, 0.5) is 14.9 Å². The summed E-state index contributed by atoms with van der Waals surface area (Å²) in [6.07, 6.45) is 4.17. The fourth-order valence-corrected chi connectivity index (χ4v) is 10.9. The number of anilines is 1. The van der Waals surface area contributed by atoms with E-state index >= 15 is 4.39 Å². The van der Waals surface area contributed by atoms with E-state index in [9.17, 15) is 29.1 Å². The number of aliphatic hydroxyl groups excluding tert-OH is 1. The third-order valence-electron chi connectivity index (χ3n) is 13.1. The molecule has 1 aliphatic heterocycles. The molecule has 0 bridgehead atoms. The van der Waals surface area contributed by atoms with Gasteiger partial charge in [0.25, 0.3) is 0 Å². The van der Waals surface area contributed by atoms with Crippen LogP contribution in [-0.4, -0.2) is 84.0 Å². The summed E-state index contributed by atoms with van der Waals surface area (Å²) in [6, 6.07) is 1.92. The number of alkyl halides is 1. The number of carbonyl (C=O) groups is 5. The van der Waals surface area contributed by atoms with Crippen LogP contribution in [0.5, 0.6) is 5.75 Å². The monoisotopic (exact) mass is 830 g/mol. The van der Waals surface area contributed by atoms with Crippen molar-refractivity contribution in [3.8, 4) is 5.75 Å². The predicted molar refractivity (Wildman–Crippen MR) is 203 cm³/mol. The second-order valence-corrected chi connectivity index (χ2v) is 18.0. The second-order valence-electron chi connectivity index (χ2n) is 17.2. The van der Waals surface area contributed by atoms with Gasteiger partial charge in [-0.25, -0.2) is 14.0 Å². The van der Waals surface area contributed by atoms with Crippen LogP contribution in [0, 0.1) is 34.5 Å². The maximum Gasteiger partial charge on any atom is 0.408 e. The van der Waals surface area contributed by atoms with Crippen molar-refractivity contribution in [2.24, 2.45) is 34.5 Å². The number of methoxy groups -OCH3 is 1. The number of ketones is 2. The van der Waals surface area contributed by atoms with Gasteiger partial charge >= 0.3 is 12.1 Å². The maximum atomic E-state index is 17.7. The molecule has 1 aromatic rings. The van der Waals surface area contributed by atoms with Crippen LogP contribution in [0.25, 0.3) is 0 Å². The lowest BCUT2D eigenvalue weighted by molar-refractivity contribution is -0.309. The van der Waals surface area contributed by atoms with E-state index in [1.165, 1.54) is 31.4 Å². The average Bonchev–Trinajstić information content (AvgIpc) is 3.26. The Morgan fingerprint density at radius 3 is 2.51 bits per heavy atom. The minimum absolute atomic E-state index is 0.0177. The van der Waals surface area contributed by atoms with Crippen LogP contribution in [0.1, 0.15) is 90.9 Å². The number of alkyl carbamates (subject to hydrolysis) is 1. The summed E-state index contributed by atoms with van der Waals surface area (Å²) in [6.45, 7) is 11.9. The third-order valence-corrected chi connectivity index (χ3v) is 13.8. The molecule has 2 unspecified atom stereocenters. The number of rotatable bonds is 10. The van der Waals surface area contributed by atoms with Crippen molar-refractivity contribution in [1.82, 2.24) is 5.32 Å². The van der Waals surface area contributed by atoms with Crippen molar-refractivity contribution < 1.29 is 52.4 Å². The molecule has 6 rings (SSSR count). The fourth-order valence-electron chi connectivity index (χ4n) is 10.3. The number of hydrogen-bond acceptors (Lipinski definition) is 10. The second kappa shape index (κ2) is 14.4. The highest BCUT2D eigenvalue weighted by Crippen LogP contribution is 2.74. The van der Waals surface area contributed by atoms with E-state index in [-0.39, 0.29) is 52.3 Å². The third kappa shape index (κ3) is 6.43. The minimum atomic E-state index is -2.05. The van der Waals surface area contributed by atoms with E-state index in [0.29, 0.717) is 37.0 Å². The minimum Gasteiger partial charge on any atom is -0.497 e. The SMILES string of the molecule is CCC(C)[C@H](NC(=O)OC(C)(C)C)C(=O)Nc1cc(OC)cc(Br)c1C(=O)OCC(=O)[C@]12OC[C@@]13C[C@H](O)[C@@]1(F)[C@@H](CCC4=CC(=O)C=C[C@@]41C)C3C[C@H]2C. The Morgan fingerprint density at radius 1 is 1.18 bits per heavy atom. The zero-order chi connectivity index (χ0) is 40.5. The van der Waals surface area contributed by atoms with E-state index in [0.717, 1.165) is 0 Å². The van der Waals surface area contributed by atoms with E-state index in [2.05, 4.69) is 26.6 Å². The standard InChI is InChI=1S/C41H52BrFN2O10/c1-9-21(2)33(45-36(51)55-37(4,5)6)34(49)44-29-17-25(52-8)16-28(42)32(29)35(50)53-19-31(48)41-22(3)14-27-26-11-10-23-15-24(46)12-13-38(23,7)40(26,43)30(47)18-39(27,41)20-54-41/h12-13,15-17,21-22,26-27,30,33,47H,9-11,14,18-20H2,1-8H3,(H,44,49)(H,45,51)/t21?,22-,26+,27?,30+,33+,38+,39-,40+,41+/m1/s1. The van der Waals surface area contributed by atoms with Gasteiger partial charge in [-0.2, -0.15) is 0 Å². The van der Waals surface area contributed by atoms with Gasteiger partial charge in [-0.05, 0) is 105 Å². The Labute approximate surface area is 329 Å². The lowest BCUT2D eigenvalue weighted by atomic mass is 9.43. The molecule has 10 atom stereocenters. The number of Topliss-reactive ketones (excluding diaryl/α,β-unsaturated/α-hetero) is 1. The average molecular weight is 832 g/mol. The smallest absolute Gasteiger partial charge is 0.408 e. The first-order valence-corrected chi connectivity index (χ1v) is 19.8. The number of halogens is 2. The lowest BCUT2D eigenvalue weighted by Gasteiger charge is -2.67. The van der Waals surface area contributed by atoms with Crippen LogP contribution in [0.15, 0.2) is 40.4 Å². The molecule has 1 aromatic carbocycles. The van der Waals surface area contributed by atoms with E-state index in [1.807, 2.05) is 13.8 Å². The molecule has 4 fully saturated rings. The van der Waals surface area contributed by atoms with Gasteiger partial charge in [-0.1, -0.05) is 38.8 Å². The Bertz CT molecular complexity index is 1860. The summed E-state index contributed by atoms with van der Waals surface area (Å²) < 4.78 is 40.5. The van der Waals surface area contributed by atoms with Crippen LogP contribution >= 0.6 is 15.9 Å². The quantitative estimate of drug-likeness (QED) is 0.224. The molecule has 2 amide bonds. The molecular formula is C41H52BrFN2O10. The van der Waals surface area contributed by atoms with Crippen molar-refractivity contribution in [2.45, 2.75) is 110 Å². The van der Waals surface area contributed by atoms with Gasteiger partial charge in [-0.3, -0.25) is 14.4 Å². The van der Waals surface area contributed by atoms with Crippen molar-refractivity contribution in [3.63, 3.8) is 0 Å². The van der Waals surface area contributed by atoms with E-state index in [1.54, 1.807) is 40.7 Å². The largest absolute Gasteiger partial charge is 0.497 e. The maximum absolute atomic E-state index is 17.7. The van der Waals surface area contributed by atoms with Gasteiger partial charge in [-0.15, -0.1) is 0 Å². The zero-order valence-electron chi connectivity index (χ0n) is 32.7. The summed E-state index contributed by atoms with van der Waals surface area (Å²) in [5.74, 6) is -3.48. The number of ether oxygens (including phenoxy) is 4. The van der Waals surface area contributed by atoms with Gasteiger partial charge in [0, 0.05) is 27.3 Å². The van der Waals surface area contributed by atoms with Crippen LogP contribution in [0.3, 0.4) is 0 Å². The molecule has 12 nitrogen and oxygen atoms in total. The lowest BCUT2D eigenvalue weighted by Crippen LogP contribution is -2.76. The Kier molecular flexibility index (Phi) is 10.7. The first kappa shape index (κ1) is 41.0. The molecule has 55 heavy (non-hydrogen) atoms. The molecule has 0 radical (unpaired) electrons. The molecular weight excluding hydrogens is 779 g/mol. The zero-order valence-corrected chi connectivity index (χ0v) is 34.3. The number of carbonyl (C=O) groups excluding carboxylic acids is 5. The molecule has 1 heterocycles. The Balaban J connectivity index is 1.22. The Morgan fingerprint density at radius 2 is 1.89 bits per heavy atom. The fraction of sp³-hybridized carbons (Fsp3) is 0.634. The first-order valence-electron chi connectivity index (χ1n) is 19.0. The van der Waals surface area contributed by atoms with Gasteiger partial charge in [0.1, 0.15) is 23.0 Å². The highest BCUT2D eigenvalue weighted by Gasteiger charge is 2.81. The molecule has 300 valence electrons. The molecule has 4 aliphatic carbocycles. The number of fused-ring (bicyclic) bond motifs is 4. The molecule has 1 spiro atoms. The molecule has 3 saturated carbocycles. The summed E-state index contributed by atoms with van der Waals surface area (Å²) in [7, 11) is 1.42. The summed E-state index contributed by atoms with van der Waals surface area (Å²) in [5, 5.41) is 17.1. The van der Waals surface area contributed by atoms with Crippen LogP contribution in [-0.2, 0) is 28.6 Å². The van der Waals surface area contributed by atoms with Crippen molar-refractivity contribution in [1.29, 1.82) is 0 Å². The summed E-state index contributed by atoms with van der Waals surface area (Å²) in [5.41, 5.74) is -5.68. The number of amides is 2. The van der Waals surface area contributed by atoms with Crippen LogP contribution < -0.4 is 15.4 Å². The van der Waals surface area contributed by atoms with Crippen molar-refractivity contribution in [3.05, 3.63) is 46.0 Å². The number of benzene rings is 1. The molecule has 3 N–H and O–H groups in total. The number of nitrogens with one attached hydrogen (secondary N) is 2. The van der Waals surface area contributed by atoms with Gasteiger partial charge in [0.15, 0.2) is 18.1 Å². The van der Waals surface area contributed by atoms with Crippen LogP contribution in [0.2, 0.25) is 0 Å². The highest BCUT2D eigenvalue weighted by atomic mass is 79.9. The topological polar surface area (TPSA) is 167 Å². The number of aliphatic hydroxyl groups is 1. The van der Waals surface area contributed by atoms with Gasteiger partial charge in [0.2, 0.25) is 11.7 Å². The normalized spacial score (nSPS) is 34.3. The molecule has 1 saturated heterocycles. The molecule has 14 heteroatoms. The highest BCUT2D eigenvalue weighted by molar-refractivity contribution is 9.10. The Hall–Kier alpha value is -3.62. The summed E-state index contributed by atoms with van der Waals surface area (Å²) in [4.78, 5) is 66.8. The van der Waals surface area contributed by atoms with E-state index in [4.69, 9.17) is 18.9 Å². The first-order chi connectivity index (χ1) is 25.7.